The maximum atomic E-state index is 12.2. The molecule has 0 spiro atoms. The lowest BCUT2D eigenvalue weighted by Crippen LogP contribution is -2.47. The van der Waals surface area contributed by atoms with E-state index in [-0.39, 0.29) is 12.7 Å². The number of likely N-dealkylation sites (tertiary alicyclic amines) is 1. The van der Waals surface area contributed by atoms with Crippen LogP contribution in [0, 0.1) is 0 Å². The summed E-state index contributed by atoms with van der Waals surface area (Å²) in [4.78, 5) is 13.9. The molecule has 25 heavy (non-hydrogen) atoms. The molecule has 0 saturated carbocycles. The molecule has 1 N–H and O–H groups in total. The second kappa shape index (κ2) is 8.02. The van der Waals surface area contributed by atoms with E-state index in [1.807, 2.05) is 54.6 Å². The largest absolute Gasteiger partial charge is 0.445 e. The number of rotatable bonds is 4. The Morgan fingerprint density at radius 2 is 1.76 bits per heavy atom. The van der Waals surface area contributed by atoms with E-state index in [0.29, 0.717) is 32.4 Å². The van der Waals surface area contributed by atoms with Gasteiger partial charge in [0.05, 0.1) is 5.60 Å². The van der Waals surface area contributed by atoms with Gasteiger partial charge in [-0.15, -0.1) is 0 Å². The molecule has 0 unspecified atom stereocenters. The normalized spacial score (nSPS) is 16.5. The van der Waals surface area contributed by atoms with Crippen LogP contribution in [-0.4, -0.2) is 34.8 Å². The highest BCUT2D eigenvalue weighted by Gasteiger charge is 2.34. The lowest BCUT2D eigenvalue weighted by Gasteiger charge is -2.37. The molecule has 0 aromatic heterocycles. The second-order valence-electron chi connectivity index (χ2n) is 6.56. The summed E-state index contributed by atoms with van der Waals surface area (Å²) in [7, 11) is 0. The standard InChI is InChI=1S/C20H22BrNO3/c21-18-8-4-7-17(13-18)14-20(24)9-11-22(12-10-20)19(23)25-15-16-5-2-1-3-6-16/h1-8,13,24H,9-12,14-15H2. The average Bonchev–Trinajstić information content (AvgIpc) is 2.61. The van der Waals surface area contributed by atoms with Gasteiger partial charge in [0.15, 0.2) is 0 Å². The summed E-state index contributed by atoms with van der Waals surface area (Å²) in [6.45, 7) is 1.30. The van der Waals surface area contributed by atoms with Gasteiger partial charge < -0.3 is 14.7 Å². The zero-order valence-corrected chi connectivity index (χ0v) is 15.6. The van der Waals surface area contributed by atoms with Gasteiger partial charge in [0.1, 0.15) is 6.61 Å². The third-order valence-electron chi connectivity index (χ3n) is 4.58. The van der Waals surface area contributed by atoms with E-state index in [1.165, 1.54) is 0 Å². The SMILES string of the molecule is O=C(OCc1ccccc1)N1CCC(O)(Cc2cccc(Br)c2)CC1. The zero-order valence-electron chi connectivity index (χ0n) is 14.0. The Labute approximate surface area is 156 Å². The molecule has 0 atom stereocenters. The number of ether oxygens (including phenoxy) is 1. The maximum Gasteiger partial charge on any atom is 0.410 e. The number of benzene rings is 2. The van der Waals surface area contributed by atoms with Crippen molar-refractivity contribution in [3.05, 3.63) is 70.2 Å². The van der Waals surface area contributed by atoms with Crippen molar-refractivity contribution in [2.24, 2.45) is 0 Å². The lowest BCUT2D eigenvalue weighted by molar-refractivity contribution is -0.0206. The molecule has 0 bridgehead atoms. The summed E-state index contributed by atoms with van der Waals surface area (Å²) in [5, 5.41) is 10.8. The molecule has 132 valence electrons. The molecule has 0 radical (unpaired) electrons. The van der Waals surface area contributed by atoms with Crippen molar-refractivity contribution in [3.63, 3.8) is 0 Å². The van der Waals surface area contributed by atoms with E-state index in [4.69, 9.17) is 4.74 Å². The Kier molecular flexibility index (Phi) is 5.76. The minimum Gasteiger partial charge on any atom is -0.445 e. The van der Waals surface area contributed by atoms with Gasteiger partial charge in [-0.2, -0.15) is 0 Å². The number of carbonyl (C=O) groups excluding carboxylic acids is 1. The Hall–Kier alpha value is -1.85. The fourth-order valence-electron chi connectivity index (χ4n) is 3.12. The van der Waals surface area contributed by atoms with Crippen molar-refractivity contribution in [3.8, 4) is 0 Å². The Morgan fingerprint density at radius 1 is 1.08 bits per heavy atom. The van der Waals surface area contributed by atoms with Crippen molar-refractivity contribution < 1.29 is 14.6 Å². The van der Waals surface area contributed by atoms with Crippen LogP contribution in [0.4, 0.5) is 4.79 Å². The highest BCUT2D eigenvalue weighted by atomic mass is 79.9. The molecular formula is C20H22BrNO3. The van der Waals surface area contributed by atoms with Gasteiger partial charge in [0.2, 0.25) is 0 Å². The summed E-state index contributed by atoms with van der Waals surface area (Å²) in [5.74, 6) is 0. The van der Waals surface area contributed by atoms with Crippen LogP contribution in [0.5, 0.6) is 0 Å². The minimum atomic E-state index is -0.767. The zero-order chi connectivity index (χ0) is 17.7. The molecular weight excluding hydrogens is 382 g/mol. The van der Waals surface area contributed by atoms with E-state index in [9.17, 15) is 9.90 Å². The molecule has 5 heteroatoms. The quantitative estimate of drug-likeness (QED) is 0.833. The summed E-state index contributed by atoms with van der Waals surface area (Å²) in [6, 6.07) is 17.6. The Morgan fingerprint density at radius 3 is 2.44 bits per heavy atom. The van der Waals surface area contributed by atoms with Crippen LogP contribution in [0.2, 0.25) is 0 Å². The molecule has 0 aliphatic carbocycles. The van der Waals surface area contributed by atoms with Gasteiger partial charge in [-0.05, 0) is 36.1 Å². The highest BCUT2D eigenvalue weighted by Crippen LogP contribution is 2.27. The van der Waals surface area contributed by atoms with Crippen molar-refractivity contribution in [2.45, 2.75) is 31.5 Å². The van der Waals surface area contributed by atoms with E-state index in [0.717, 1.165) is 15.6 Å². The van der Waals surface area contributed by atoms with Crippen molar-refractivity contribution in [1.29, 1.82) is 0 Å². The van der Waals surface area contributed by atoms with Crippen LogP contribution in [0.1, 0.15) is 24.0 Å². The van der Waals surface area contributed by atoms with Gasteiger partial charge in [-0.3, -0.25) is 0 Å². The number of amides is 1. The van der Waals surface area contributed by atoms with Crippen LogP contribution in [0.25, 0.3) is 0 Å². The van der Waals surface area contributed by atoms with E-state index < -0.39 is 5.60 Å². The summed E-state index contributed by atoms with van der Waals surface area (Å²) in [6.07, 6.45) is 1.40. The van der Waals surface area contributed by atoms with Crippen molar-refractivity contribution in [1.82, 2.24) is 4.90 Å². The fourth-order valence-corrected chi connectivity index (χ4v) is 3.57. The first-order valence-electron chi connectivity index (χ1n) is 8.47. The van der Waals surface area contributed by atoms with Crippen LogP contribution < -0.4 is 0 Å². The smallest absolute Gasteiger partial charge is 0.410 e. The number of halogens is 1. The first-order valence-corrected chi connectivity index (χ1v) is 9.26. The summed E-state index contributed by atoms with van der Waals surface area (Å²) >= 11 is 3.46. The maximum absolute atomic E-state index is 12.2. The highest BCUT2D eigenvalue weighted by molar-refractivity contribution is 9.10. The first kappa shape index (κ1) is 18.0. The van der Waals surface area contributed by atoms with E-state index in [1.54, 1.807) is 4.90 Å². The number of hydrogen-bond donors (Lipinski definition) is 1. The Balaban J connectivity index is 1.49. The van der Waals surface area contributed by atoms with Gasteiger partial charge in [0, 0.05) is 24.0 Å². The third kappa shape index (κ3) is 5.06. The van der Waals surface area contributed by atoms with Gasteiger partial charge in [-0.25, -0.2) is 4.79 Å². The number of nitrogens with zero attached hydrogens (tertiary/aromatic N) is 1. The molecule has 1 amide bonds. The molecule has 3 rings (SSSR count). The van der Waals surface area contributed by atoms with Crippen LogP contribution >= 0.6 is 15.9 Å². The van der Waals surface area contributed by atoms with Crippen LogP contribution in [0.3, 0.4) is 0 Å². The molecule has 1 saturated heterocycles. The number of aliphatic hydroxyl groups is 1. The van der Waals surface area contributed by atoms with Crippen molar-refractivity contribution in [2.75, 3.05) is 13.1 Å². The topological polar surface area (TPSA) is 49.8 Å². The summed E-state index contributed by atoms with van der Waals surface area (Å²) < 4.78 is 6.38. The van der Waals surface area contributed by atoms with Crippen LogP contribution in [-0.2, 0) is 17.8 Å². The minimum absolute atomic E-state index is 0.276. The molecule has 1 aliphatic rings. The van der Waals surface area contributed by atoms with Gasteiger partial charge in [-0.1, -0.05) is 58.4 Å². The second-order valence-corrected chi connectivity index (χ2v) is 7.47. The number of carbonyl (C=O) groups is 1. The average molecular weight is 404 g/mol. The molecule has 1 aliphatic heterocycles. The number of piperidine rings is 1. The monoisotopic (exact) mass is 403 g/mol. The van der Waals surface area contributed by atoms with E-state index >= 15 is 0 Å². The lowest BCUT2D eigenvalue weighted by atomic mass is 9.85. The molecule has 4 nitrogen and oxygen atoms in total. The predicted molar refractivity (Wildman–Crippen MR) is 100 cm³/mol. The number of hydrogen-bond acceptors (Lipinski definition) is 3. The van der Waals surface area contributed by atoms with E-state index in [2.05, 4.69) is 15.9 Å². The molecule has 1 fully saturated rings. The fraction of sp³-hybridized carbons (Fsp3) is 0.350. The molecule has 2 aromatic rings. The summed E-state index contributed by atoms with van der Waals surface area (Å²) in [5.41, 5.74) is 1.30. The Bertz CT molecular complexity index is 712. The van der Waals surface area contributed by atoms with Gasteiger partial charge in [0.25, 0.3) is 0 Å². The van der Waals surface area contributed by atoms with Crippen molar-refractivity contribution >= 4 is 22.0 Å². The van der Waals surface area contributed by atoms with Crippen LogP contribution in [0.15, 0.2) is 59.1 Å². The predicted octanol–water partition coefficient (Wildman–Crippen LogP) is 4.16. The third-order valence-corrected chi connectivity index (χ3v) is 5.07. The molecule has 2 aromatic carbocycles. The first-order chi connectivity index (χ1) is 12.0. The van der Waals surface area contributed by atoms with Gasteiger partial charge >= 0.3 is 6.09 Å². The molecule has 1 heterocycles.